The molecule has 0 bridgehead atoms. The maximum Gasteiger partial charge on any atom is 0.330 e. The Morgan fingerprint density at radius 2 is 0.825 bits per heavy atom. The molecule has 114 heavy (non-hydrogen) atoms. The predicted molar refractivity (Wildman–Crippen MR) is 452 cm³/mol. The first-order chi connectivity index (χ1) is 55.7. The van der Waals surface area contributed by atoms with Crippen molar-refractivity contribution in [2.45, 2.75) is 397 Å². The molecule has 24 nitrogen and oxygen atoms in total. The fraction of sp³-hybridized carbons (Fsp3) is 0.807. The number of aliphatic hydroxyl groups is 1. The highest BCUT2D eigenvalue weighted by atomic mass is 32.5. The molecular weight excluding hydrogens is 1490 g/mol. The first kappa shape index (κ1) is 99.3. The highest BCUT2D eigenvalue weighted by molar-refractivity contribution is 8.07. The number of ether oxygens (including phenoxy) is 9. The summed E-state index contributed by atoms with van der Waals surface area (Å²) in [5.41, 5.74) is -2.41. The number of aromatic amines is 2. The maximum absolute atomic E-state index is 14.1. The molecule has 0 spiro atoms. The van der Waals surface area contributed by atoms with E-state index in [0.717, 1.165) is 79.1 Å². The van der Waals surface area contributed by atoms with Gasteiger partial charge in [0.1, 0.15) is 43.7 Å². The number of rotatable bonds is 73. The number of unbranched alkanes of at least 4 members (excludes halogenated alkanes) is 45. The third-order valence-corrected chi connectivity index (χ3v) is 24.0. The van der Waals surface area contributed by atoms with Gasteiger partial charge in [-0.15, -0.1) is 0 Å². The zero-order chi connectivity index (χ0) is 81.9. The summed E-state index contributed by atoms with van der Waals surface area (Å²) in [5.74, 6) is 0.0575. The van der Waals surface area contributed by atoms with Crippen LogP contribution >= 0.6 is 6.72 Å². The quantitative estimate of drug-likeness (QED) is 0.0205. The van der Waals surface area contributed by atoms with Crippen LogP contribution in [0.25, 0.3) is 4.85 Å². The third-order valence-electron chi connectivity index (χ3n) is 21.7. The number of hydrogen-bond acceptors (Lipinski definition) is 20. The number of carbonyl (C=O) groups is 2. The van der Waals surface area contributed by atoms with E-state index in [1.54, 1.807) is 0 Å². The van der Waals surface area contributed by atoms with Crippen LogP contribution in [0.3, 0.4) is 0 Å². The van der Waals surface area contributed by atoms with Gasteiger partial charge >= 0.3 is 30.0 Å². The second kappa shape index (κ2) is 62.9. The molecule has 3 aromatic rings. The van der Waals surface area contributed by atoms with E-state index in [2.05, 4.69) is 35.6 Å². The van der Waals surface area contributed by atoms with Crippen molar-refractivity contribution in [1.29, 1.82) is 0 Å². The van der Waals surface area contributed by atoms with Crippen LogP contribution in [0.2, 0.25) is 0 Å². The molecule has 2 fully saturated rings. The molecule has 0 radical (unpaired) electrons. The summed E-state index contributed by atoms with van der Waals surface area (Å²) in [6.07, 6.45) is 52.3. The first-order valence-electron chi connectivity index (χ1n) is 44.6. The van der Waals surface area contributed by atoms with Crippen molar-refractivity contribution < 1.29 is 70.9 Å². The molecule has 2 aliphatic rings. The lowest BCUT2D eigenvalue weighted by Gasteiger charge is -2.30. The zero-order valence-corrected chi connectivity index (χ0v) is 72.3. The third kappa shape index (κ3) is 40.9. The van der Waals surface area contributed by atoms with Crippen LogP contribution < -0.4 is 36.7 Å². The van der Waals surface area contributed by atoms with Crippen LogP contribution in [0.5, 0.6) is 17.2 Å². The van der Waals surface area contributed by atoms with E-state index in [1.807, 2.05) is 12.1 Å². The molecule has 2 aromatic heterocycles. The van der Waals surface area contributed by atoms with Gasteiger partial charge in [0.05, 0.1) is 45.9 Å². The van der Waals surface area contributed by atoms with Crippen molar-refractivity contribution in [3.05, 3.63) is 95.3 Å². The van der Waals surface area contributed by atoms with Crippen molar-refractivity contribution in [3.8, 4) is 17.2 Å². The molecule has 0 aliphatic carbocycles. The Morgan fingerprint density at radius 1 is 0.474 bits per heavy atom. The Morgan fingerprint density at radius 3 is 1.18 bits per heavy atom. The smallest absolute Gasteiger partial charge is 0.330 e. The number of benzene rings is 1. The SMILES string of the molecule is [C-]#[N+]CCOP(=S)(OC[C@H]1O[C@@H](n2ccc(=O)[nH]c2=O)[C@@H](OC)C1OC(=O)CCC(=O)OCc1cc(OCCCCCCCCCCCCCCCCCC)c(OCCCCCCCCCCCCCCCCCC)c(OCCCCCCCCCCCCCCCCCC)c1)OC1[C@@H](CO)O[C@@H](n2ccc(=O)[nH]c2=O)[C@H]1OC. The van der Waals surface area contributed by atoms with Crippen molar-refractivity contribution in [3.63, 3.8) is 0 Å². The Hall–Kier alpha value is -5.26. The molecule has 0 amide bonds. The van der Waals surface area contributed by atoms with E-state index in [0.29, 0.717) is 42.6 Å². The lowest BCUT2D eigenvalue weighted by Crippen LogP contribution is -2.41. The number of methoxy groups -OCH3 is 2. The summed E-state index contributed by atoms with van der Waals surface area (Å²) in [6, 6.07) is 5.95. The van der Waals surface area contributed by atoms with Gasteiger partial charge in [-0.05, 0) is 48.8 Å². The number of H-pyrrole nitrogens is 2. The van der Waals surface area contributed by atoms with Gasteiger partial charge in [0.2, 0.25) is 12.3 Å². The number of carbonyl (C=O) groups excluding carboxylic acids is 2. The summed E-state index contributed by atoms with van der Waals surface area (Å²) in [5, 5.41) is 10.5. The van der Waals surface area contributed by atoms with E-state index >= 15 is 0 Å². The molecule has 1 aromatic carbocycles. The van der Waals surface area contributed by atoms with Crippen LogP contribution in [-0.4, -0.2) is 133 Å². The van der Waals surface area contributed by atoms with E-state index in [1.165, 1.54) is 277 Å². The van der Waals surface area contributed by atoms with Gasteiger partial charge in [-0.25, -0.2) is 16.2 Å². The van der Waals surface area contributed by atoms with Crippen molar-refractivity contribution in [2.24, 2.45) is 0 Å². The molecule has 4 heterocycles. The minimum atomic E-state index is -4.10. The van der Waals surface area contributed by atoms with Crippen molar-refractivity contribution in [1.82, 2.24) is 19.1 Å². The van der Waals surface area contributed by atoms with Gasteiger partial charge in [-0.1, -0.05) is 310 Å². The van der Waals surface area contributed by atoms with Gasteiger partial charge in [-0.2, -0.15) is 0 Å². The summed E-state index contributed by atoms with van der Waals surface area (Å²) < 4.78 is 76.8. The number of hydrogen-bond donors (Lipinski definition) is 3. The fourth-order valence-electron chi connectivity index (χ4n) is 15.0. The Balaban J connectivity index is 1.27. The maximum atomic E-state index is 14.1. The van der Waals surface area contributed by atoms with Crippen molar-refractivity contribution in [2.75, 3.05) is 60.4 Å². The van der Waals surface area contributed by atoms with Crippen LogP contribution in [0, 0.1) is 6.57 Å². The minimum Gasteiger partial charge on any atom is -0.490 e. The summed E-state index contributed by atoms with van der Waals surface area (Å²) in [6.45, 7) is 9.75. The van der Waals surface area contributed by atoms with E-state index in [-0.39, 0.29) is 19.8 Å². The van der Waals surface area contributed by atoms with Crippen molar-refractivity contribution >= 4 is 30.5 Å². The average molecular weight is 1640 g/mol. The van der Waals surface area contributed by atoms with Crippen LogP contribution in [0.15, 0.2) is 55.8 Å². The normalized spacial score (nSPS) is 18.6. The second-order valence-corrected chi connectivity index (χ2v) is 34.2. The molecule has 3 N–H and O–H groups in total. The van der Waals surface area contributed by atoms with Gasteiger partial charge in [0.25, 0.3) is 11.1 Å². The summed E-state index contributed by atoms with van der Waals surface area (Å²) in [7, 11) is 2.62. The molecule has 26 heteroatoms. The van der Waals surface area contributed by atoms with Crippen LogP contribution in [-0.2, 0) is 70.0 Å². The van der Waals surface area contributed by atoms with E-state index < -0.39 is 116 Å². The standard InChI is InChI=1S/C88H148N5O19PS/c1-7-10-13-16-19-22-25-28-31-34-37-40-43-46-49-52-62-103-72-66-71(67-73(104-63-53-50-47-44-41-38-35-32-29-26-23-20-17-14-11-8-2)80(72)105-64-54-51-48-45-42-39-36-33-30-27-24-21-18-15-12-9-3)69-106-78(97)55-56-79(98)111-81-75(110-85(83(81)101-5)92-60-57-76(95)90-87(92)99)70-108-113(114,107-65-59-89-4)112-82-74(68-94)109-86(84(82)102-6)93-61-58-77(96)91-88(93)100/h57-58,60-61,66-67,74-75,81-86,94H,7-56,59,62-65,68-70H2,1-3,5-6H3,(H,90,95,99)(H,91,96,100)/t74-,75-,81?,82?,83+,84+,85-,86-,113?/m1/s1. The molecule has 5 rings (SSSR count). The number of nitrogens with zero attached hydrogens (tertiary/aromatic N) is 3. The topological polar surface area (TPSA) is 279 Å². The lowest BCUT2D eigenvalue weighted by molar-refractivity contribution is -0.160. The average Bonchev–Trinajstić information content (AvgIpc) is 1.62. The predicted octanol–water partition coefficient (Wildman–Crippen LogP) is 19.8. The minimum absolute atomic E-state index is 0.162. The first-order valence-corrected chi connectivity index (χ1v) is 47.2. The number of nitrogens with one attached hydrogen (secondary N) is 2. The summed E-state index contributed by atoms with van der Waals surface area (Å²) >= 11 is 5.94. The number of esters is 2. The van der Waals surface area contributed by atoms with Gasteiger partial charge in [0.15, 0.2) is 30.1 Å². The summed E-state index contributed by atoms with van der Waals surface area (Å²) in [4.78, 5) is 86.2. The Labute approximate surface area is 687 Å². The Bertz CT molecular complexity index is 3290. The van der Waals surface area contributed by atoms with Gasteiger partial charge in [0, 0.05) is 38.7 Å². The molecule has 2 aliphatic heterocycles. The number of aliphatic hydroxyl groups excluding tert-OH is 1. The van der Waals surface area contributed by atoms with E-state index in [4.69, 9.17) is 74.6 Å². The lowest BCUT2D eigenvalue weighted by atomic mass is 10.0. The second-order valence-electron chi connectivity index (χ2n) is 31.3. The van der Waals surface area contributed by atoms with Crippen LogP contribution in [0.1, 0.15) is 360 Å². The van der Waals surface area contributed by atoms with Crippen LogP contribution in [0.4, 0.5) is 0 Å². The fourth-order valence-corrected chi connectivity index (χ4v) is 17.1. The van der Waals surface area contributed by atoms with E-state index in [9.17, 15) is 33.9 Å². The molecule has 3 unspecified atom stereocenters. The van der Waals surface area contributed by atoms with Gasteiger partial charge < -0.3 is 61.6 Å². The monoisotopic (exact) mass is 1640 g/mol. The molecule has 0 saturated carbocycles. The zero-order valence-electron chi connectivity index (χ0n) is 70.6. The molecule has 650 valence electrons. The molecule has 2 saturated heterocycles. The number of aromatic nitrogens is 4. The Kier molecular flexibility index (Phi) is 54.8. The largest absolute Gasteiger partial charge is 0.490 e. The molecule has 9 atom stereocenters. The van der Waals surface area contributed by atoms with Gasteiger partial charge in [-0.3, -0.25) is 42.8 Å². The highest BCUT2D eigenvalue weighted by Crippen LogP contribution is 2.55. The molecular formula is C88H148N5O19PS. The highest BCUT2D eigenvalue weighted by Gasteiger charge is 2.52.